The van der Waals surface area contributed by atoms with Crippen molar-refractivity contribution in [2.45, 2.75) is 82.5 Å². The van der Waals surface area contributed by atoms with E-state index in [0.717, 1.165) is 37.9 Å². The van der Waals surface area contributed by atoms with Crippen molar-refractivity contribution in [3.63, 3.8) is 0 Å². The summed E-state index contributed by atoms with van der Waals surface area (Å²) in [6.45, 7) is 3.66. The maximum absolute atomic E-state index is 14.1. The fraction of sp³-hybridized carbons (Fsp3) is 0.618. The summed E-state index contributed by atoms with van der Waals surface area (Å²) in [6.07, 6.45) is 4.84. The van der Waals surface area contributed by atoms with Crippen molar-refractivity contribution < 1.29 is 38.1 Å². The van der Waals surface area contributed by atoms with Gasteiger partial charge in [-0.1, -0.05) is 12.5 Å². The number of aliphatic imine (C=N–C) groups is 1. The SMILES string of the molecule is CCOC(=O)N1CCN(C(=O)OC2=CC[C@H]3[C@@H]4CCC[C@@]35c3c(ccc(OC)c3OC25)C4)C(NC(=O)[C@H](CCCN=C(N)N)NC(C)=O)C1. The van der Waals surface area contributed by atoms with E-state index in [1.807, 2.05) is 12.1 Å². The first-order valence-electron chi connectivity index (χ1n) is 17.2. The fourth-order valence-corrected chi connectivity index (χ4v) is 8.65. The average Bonchev–Trinajstić information content (AvgIpc) is 3.41. The molecule has 15 heteroatoms. The maximum Gasteiger partial charge on any atom is 0.416 e. The van der Waals surface area contributed by atoms with Crippen molar-refractivity contribution in [3.05, 3.63) is 35.1 Å². The summed E-state index contributed by atoms with van der Waals surface area (Å²) in [7, 11) is 1.63. The number of nitrogens with two attached hydrogens (primary N) is 2. The fourth-order valence-electron chi connectivity index (χ4n) is 8.65. The zero-order valence-corrected chi connectivity index (χ0v) is 28.4. The number of ether oxygens (including phenoxy) is 4. The number of nitrogens with zero attached hydrogens (tertiary/aromatic N) is 3. The summed E-state index contributed by atoms with van der Waals surface area (Å²) < 4.78 is 23.9. The predicted octanol–water partition coefficient (Wildman–Crippen LogP) is 1.87. The average molecular weight is 682 g/mol. The molecule has 2 unspecified atom stereocenters. The Morgan fingerprint density at radius 2 is 2.00 bits per heavy atom. The van der Waals surface area contributed by atoms with Crippen LogP contribution in [0.25, 0.3) is 0 Å². The molecule has 0 radical (unpaired) electrons. The van der Waals surface area contributed by atoms with Crippen molar-refractivity contribution in [2.75, 3.05) is 39.9 Å². The third kappa shape index (κ3) is 6.42. The zero-order valence-electron chi connectivity index (χ0n) is 28.4. The molecule has 1 saturated carbocycles. The van der Waals surface area contributed by atoms with Crippen LogP contribution in [0.3, 0.4) is 0 Å². The molecule has 5 aliphatic rings. The Morgan fingerprint density at radius 3 is 2.73 bits per heavy atom. The number of piperazine rings is 1. The number of carbonyl (C=O) groups is 4. The molecule has 49 heavy (non-hydrogen) atoms. The summed E-state index contributed by atoms with van der Waals surface area (Å²) in [5.41, 5.74) is 13.0. The highest BCUT2D eigenvalue weighted by Gasteiger charge is 2.64. The van der Waals surface area contributed by atoms with Crippen LogP contribution in [0.1, 0.15) is 63.5 Å². The van der Waals surface area contributed by atoms with Gasteiger partial charge in [0.25, 0.3) is 0 Å². The predicted molar refractivity (Wildman–Crippen MR) is 178 cm³/mol. The Kier molecular flexibility index (Phi) is 9.79. The summed E-state index contributed by atoms with van der Waals surface area (Å²) >= 11 is 0. The molecule has 2 fully saturated rings. The third-order valence-electron chi connectivity index (χ3n) is 10.6. The van der Waals surface area contributed by atoms with Gasteiger partial charge in [-0.3, -0.25) is 19.5 Å². The molecule has 1 spiro atoms. The topological polar surface area (TPSA) is 200 Å². The van der Waals surface area contributed by atoms with E-state index in [1.165, 1.54) is 27.9 Å². The van der Waals surface area contributed by atoms with E-state index in [9.17, 15) is 19.2 Å². The molecule has 3 aliphatic carbocycles. The van der Waals surface area contributed by atoms with Crippen molar-refractivity contribution in [1.82, 2.24) is 20.4 Å². The van der Waals surface area contributed by atoms with Crippen LogP contribution < -0.4 is 31.6 Å². The Morgan fingerprint density at radius 1 is 1.18 bits per heavy atom. The molecule has 6 rings (SSSR count). The number of amides is 4. The minimum Gasteiger partial charge on any atom is -0.493 e. The lowest BCUT2D eigenvalue weighted by atomic mass is 9.49. The van der Waals surface area contributed by atoms with Crippen molar-refractivity contribution >= 4 is 30.0 Å². The monoisotopic (exact) mass is 681 g/mol. The van der Waals surface area contributed by atoms with Gasteiger partial charge in [0, 0.05) is 37.5 Å². The van der Waals surface area contributed by atoms with Gasteiger partial charge in [-0.05, 0) is 75.0 Å². The van der Waals surface area contributed by atoms with Crippen molar-refractivity contribution in [1.29, 1.82) is 0 Å². The number of methoxy groups -OCH3 is 1. The maximum atomic E-state index is 14.1. The lowest BCUT2D eigenvalue weighted by molar-refractivity contribution is -0.130. The van der Waals surface area contributed by atoms with Crippen LogP contribution in [-0.4, -0.2) is 98.0 Å². The van der Waals surface area contributed by atoms with E-state index >= 15 is 0 Å². The number of nitrogens with one attached hydrogen (secondary N) is 2. The summed E-state index contributed by atoms with van der Waals surface area (Å²) in [5.74, 6) is 1.73. The molecular formula is C34H47N7O8. The number of benzene rings is 1. The number of hydrogen-bond donors (Lipinski definition) is 4. The zero-order chi connectivity index (χ0) is 34.9. The second-order valence-corrected chi connectivity index (χ2v) is 13.4. The quantitative estimate of drug-likeness (QED) is 0.161. The van der Waals surface area contributed by atoms with Gasteiger partial charge >= 0.3 is 12.2 Å². The molecule has 15 nitrogen and oxygen atoms in total. The summed E-state index contributed by atoms with van der Waals surface area (Å²) in [5, 5.41) is 5.53. The molecule has 1 aromatic rings. The van der Waals surface area contributed by atoms with Crippen LogP contribution in [0, 0.1) is 11.8 Å². The second kappa shape index (κ2) is 14.0. The Hall–Kier alpha value is -4.69. The number of hydrogen-bond acceptors (Lipinski definition) is 9. The molecule has 0 aromatic heterocycles. The first-order valence-corrected chi connectivity index (χ1v) is 17.2. The molecule has 2 heterocycles. The number of carbonyl (C=O) groups excluding carboxylic acids is 4. The molecule has 1 aromatic carbocycles. The summed E-state index contributed by atoms with van der Waals surface area (Å²) in [4.78, 5) is 59.2. The largest absolute Gasteiger partial charge is 0.493 e. The van der Waals surface area contributed by atoms with Gasteiger partial charge in [0.1, 0.15) is 18.0 Å². The molecule has 6 atom stereocenters. The second-order valence-electron chi connectivity index (χ2n) is 13.4. The van der Waals surface area contributed by atoms with Crippen LogP contribution in [0.15, 0.2) is 29.0 Å². The van der Waals surface area contributed by atoms with E-state index < -0.39 is 42.3 Å². The Labute approximate surface area is 285 Å². The highest BCUT2D eigenvalue weighted by atomic mass is 16.6. The van der Waals surface area contributed by atoms with Crippen LogP contribution in [0.4, 0.5) is 9.59 Å². The lowest BCUT2D eigenvalue weighted by Gasteiger charge is -2.54. The Bertz CT molecular complexity index is 1540. The normalized spacial score (nSPS) is 26.6. The lowest BCUT2D eigenvalue weighted by Crippen LogP contribution is -2.64. The number of guanidine groups is 1. The van der Waals surface area contributed by atoms with Crippen LogP contribution in [-0.2, 0) is 30.9 Å². The number of rotatable bonds is 10. The minimum atomic E-state index is -0.968. The minimum absolute atomic E-state index is 0.0425. The van der Waals surface area contributed by atoms with Gasteiger partial charge in [0.05, 0.1) is 20.3 Å². The van der Waals surface area contributed by atoms with E-state index in [4.69, 9.17) is 30.4 Å². The molecule has 2 aliphatic heterocycles. The van der Waals surface area contributed by atoms with Gasteiger partial charge in [0.2, 0.25) is 11.8 Å². The molecule has 2 bridgehead atoms. The van der Waals surface area contributed by atoms with Gasteiger partial charge < -0.3 is 45.9 Å². The highest BCUT2D eigenvalue weighted by Crippen LogP contribution is 2.65. The van der Waals surface area contributed by atoms with Gasteiger partial charge in [-0.25, -0.2) is 9.59 Å². The van der Waals surface area contributed by atoms with Gasteiger partial charge in [-0.2, -0.15) is 0 Å². The molecule has 266 valence electrons. The Balaban J connectivity index is 1.23. The van der Waals surface area contributed by atoms with Crippen LogP contribution in [0.5, 0.6) is 11.5 Å². The third-order valence-corrected chi connectivity index (χ3v) is 10.6. The molecule has 6 N–H and O–H groups in total. The van der Waals surface area contributed by atoms with E-state index in [1.54, 1.807) is 14.0 Å². The standard InChI is InChI=1S/C34H47N7O8/c1-4-47-32(44)40-15-16-41(26(18-40)39-30(43)23(38-19(2)42)8-6-14-37-31(35)36)33(45)48-25-12-10-22-20-7-5-13-34(22)27-21(17-20)9-11-24(46-3)28(27)49-29(25)34/h9,11-12,20,22-23,26,29H,4-8,10,13-18H2,1-3H3,(H,38,42)(H,39,43)(H4,35,36,37)/t20-,22+,23+,26?,29?,34+/m1/s1. The van der Waals surface area contributed by atoms with E-state index in [2.05, 4.69) is 21.7 Å². The van der Waals surface area contributed by atoms with Gasteiger partial charge in [-0.15, -0.1) is 0 Å². The van der Waals surface area contributed by atoms with E-state index in [-0.39, 0.29) is 50.6 Å². The van der Waals surface area contributed by atoms with E-state index in [0.29, 0.717) is 29.8 Å². The molecule has 4 amide bonds. The first-order chi connectivity index (χ1) is 23.6. The first kappa shape index (κ1) is 34.2. The van der Waals surface area contributed by atoms with Gasteiger partial charge in [0.15, 0.2) is 23.6 Å². The molecule has 1 saturated heterocycles. The summed E-state index contributed by atoms with van der Waals surface area (Å²) in [6, 6.07) is 3.17. The van der Waals surface area contributed by atoms with Crippen LogP contribution in [0.2, 0.25) is 0 Å². The van der Waals surface area contributed by atoms with Crippen molar-refractivity contribution in [3.8, 4) is 11.5 Å². The van der Waals surface area contributed by atoms with Crippen molar-refractivity contribution in [2.24, 2.45) is 28.3 Å². The molecular weight excluding hydrogens is 634 g/mol. The number of allylic oxidation sites excluding steroid dienone is 1. The smallest absolute Gasteiger partial charge is 0.416 e. The highest BCUT2D eigenvalue weighted by molar-refractivity contribution is 5.87. The van der Waals surface area contributed by atoms with Crippen LogP contribution >= 0.6 is 0 Å².